The van der Waals surface area contributed by atoms with Crippen molar-refractivity contribution in [3.05, 3.63) is 53.7 Å². The predicted molar refractivity (Wildman–Crippen MR) is 92.1 cm³/mol. The van der Waals surface area contributed by atoms with E-state index in [4.69, 9.17) is 4.42 Å². The normalized spacial score (nSPS) is 16.0. The standard InChI is InChI=1S/C17H18FN3O3S/c18-11-3-4-15-12(10-11)13(5-9-25-15)21-17(23)20-7-6-19-16(22)14-2-1-8-24-14/h1-4,8,10,13H,5-7,9H2,(H,19,22)(H2,20,21,23)/t13-/m1/s1. The predicted octanol–water partition coefficient (Wildman–Crippen LogP) is 2.68. The lowest BCUT2D eigenvalue weighted by molar-refractivity contribution is 0.0926. The summed E-state index contributed by atoms with van der Waals surface area (Å²) in [6, 6.07) is 7.26. The van der Waals surface area contributed by atoms with Crippen LogP contribution in [0.25, 0.3) is 0 Å². The lowest BCUT2D eigenvalue weighted by Gasteiger charge is -2.26. The summed E-state index contributed by atoms with van der Waals surface area (Å²) in [6.07, 6.45) is 2.16. The van der Waals surface area contributed by atoms with E-state index in [9.17, 15) is 14.0 Å². The number of halogens is 1. The van der Waals surface area contributed by atoms with Crippen LogP contribution in [0.4, 0.5) is 9.18 Å². The molecule has 8 heteroatoms. The van der Waals surface area contributed by atoms with E-state index in [1.54, 1.807) is 30.0 Å². The van der Waals surface area contributed by atoms with Crippen LogP contribution in [0.2, 0.25) is 0 Å². The van der Waals surface area contributed by atoms with Crippen LogP contribution >= 0.6 is 11.8 Å². The minimum Gasteiger partial charge on any atom is -0.459 e. The topological polar surface area (TPSA) is 83.4 Å². The molecule has 0 unspecified atom stereocenters. The Kier molecular flexibility index (Phi) is 5.60. The molecule has 3 amide bonds. The first-order valence-corrected chi connectivity index (χ1v) is 8.90. The van der Waals surface area contributed by atoms with Crippen LogP contribution in [0, 0.1) is 5.82 Å². The van der Waals surface area contributed by atoms with Gasteiger partial charge in [-0.25, -0.2) is 9.18 Å². The van der Waals surface area contributed by atoms with Gasteiger partial charge in [0.1, 0.15) is 5.82 Å². The number of carbonyl (C=O) groups is 2. The summed E-state index contributed by atoms with van der Waals surface area (Å²) in [5.74, 6) is 0.445. The number of benzene rings is 1. The van der Waals surface area contributed by atoms with Crippen molar-refractivity contribution in [1.82, 2.24) is 16.0 Å². The monoisotopic (exact) mass is 363 g/mol. The number of thioether (sulfide) groups is 1. The number of amides is 3. The number of furan rings is 1. The van der Waals surface area contributed by atoms with Crippen molar-refractivity contribution in [2.75, 3.05) is 18.8 Å². The molecule has 1 atom stereocenters. The Morgan fingerprint density at radius 3 is 2.88 bits per heavy atom. The molecule has 3 N–H and O–H groups in total. The van der Waals surface area contributed by atoms with E-state index in [1.165, 1.54) is 18.4 Å². The molecule has 0 fully saturated rings. The van der Waals surface area contributed by atoms with Gasteiger partial charge in [-0.15, -0.1) is 11.8 Å². The molecular weight excluding hydrogens is 345 g/mol. The number of hydrogen-bond donors (Lipinski definition) is 3. The minimum absolute atomic E-state index is 0.218. The first kappa shape index (κ1) is 17.3. The molecule has 0 spiro atoms. The molecule has 0 bridgehead atoms. The van der Waals surface area contributed by atoms with Gasteiger partial charge in [-0.2, -0.15) is 0 Å². The third kappa shape index (κ3) is 4.54. The Morgan fingerprint density at radius 2 is 2.08 bits per heavy atom. The fourth-order valence-corrected chi connectivity index (χ4v) is 3.68. The molecule has 0 saturated heterocycles. The minimum atomic E-state index is -0.348. The maximum atomic E-state index is 13.5. The highest BCUT2D eigenvalue weighted by Gasteiger charge is 2.22. The molecule has 0 saturated carbocycles. The summed E-state index contributed by atoms with van der Waals surface area (Å²) in [4.78, 5) is 24.7. The third-order valence-electron chi connectivity index (χ3n) is 3.76. The molecule has 0 aliphatic carbocycles. The first-order chi connectivity index (χ1) is 12.1. The van der Waals surface area contributed by atoms with E-state index < -0.39 is 0 Å². The fraction of sp³-hybridized carbons (Fsp3) is 0.294. The zero-order chi connectivity index (χ0) is 17.6. The van der Waals surface area contributed by atoms with Crippen molar-refractivity contribution in [1.29, 1.82) is 0 Å². The molecule has 1 aromatic carbocycles. The second-order valence-electron chi connectivity index (χ2n) is 5.51. The largest absolute Gasteiger partial charge is 0.459 e. The van der Waals surface area contributed by atoms with Crippen LogP contribution in [-0.4, -0.2) is 30.8 Å². The van der Waals surface area contributed by atoms with Gasteiger partial charge in [0.2, 0.25) is 0 Å². The van der Waals surface area contributed by atoms with Crippen molar-refractivity contribution < 1.29 is 18.4 Å². The Bertz CT molecular complexity index is 752. The smallest absolute Gasteiger partial charge is 0.315 e. The zero-order valence-corrected chi connectivity index (χ0v) is 14.2. The van der Waals surface area contributed by atoms with Crippen LogP contribution in [-0.2, 0) is 0 Å². The third-order valence-corrected chi connectivity index (χ3v) is 4.88. The zero-order valence-electron chi connectivity index (χ0n) is 13.4. The van der Waals surface area contributed by atoms with Crippen molar-refractivity contribution in [3.63, 3.8) is 0 Å². The second kappa shape index (κ2) is 8.06. The van der Waals surface area contributed by atoms with Gasteiger partial charge in [0.25, 0.3) is 5.91 Å². The van der Waals surface area contributed by atoms with Crippen LogP contribution < -0.4 is 16.0 Å². The Labute approximate surface area is 148 Å². The number of hydrogen-bond acceptors (Lipinski definition) is 4. The SMILES string of the molecule is O=C(NCCNC(=O)c1ccco1)N[C@@H]1CCSc2ccc(F)cc21. The molecule has 1 aliphatic heterocycles. The van der Waals surface area contributed by atoms with E-state index in [0.29, 0.717) is 0 Å². The van der Waals surface area contributed by atoms with Gasteiger partial charge in [-0.3, -0.25) is 4.79 Å². The molecule has 1 aromatic heterocycles. The maximum absolute atomic E-state index is 13.5. The average molecular weight is 363 g/mol. The van der Waals surface area contributed by atoms with Crippen LogP contribution in [0.3, 0.4) is 0 Å². The number of urea groups is 1. The van der Waals surface area contributed by atoms with Crippen molar-refractivity contribution >= 4 is 23.7 Å². The Balaban J connectivity index is 1.44. The quantitative estimate of drug-likeness (QED) is 0.713. The van der Waals surface area contributed by atoms with Crippen molar-refractivity contribution in [3.8, 4) is 0 Å². The van der Waals surface area contributed by atoms with E-state index in [-0.39, 0.29) is 42.6 Å². The number of rotatable bonds is 5. The van der Waals surface area contributed by atoms with Crippen LogP contribution in [0.5, 0.6) is 0 Å². The molecule has 6 nitrogen and oxygen atoms in total. The summed E-state index contributed by atoms with van der Waals surface area (Å²) in [5, 5.41) is 8.18. The molecule has 2 aromatic rings. The summed E-state index contributed by atoms with van der Waals surface area (Å²) in [5.41, 5.74) is 0.803. The number of fused-ring (bicyclic) bond motifs is 1. The van der Waals surface area contributed by atoms with Crippen molar-refractivity contribution in [2.45, 2.75) is 17.4 Å². The van der Waals surface area contributed by atoms with Crippen LogP contribution in [0.1, 0.15) is 28.6 Å². The second-order valence-corrected chi connectivity index (χ2v) is 6.64. The molecule has 25 heavy (non-hydrogen) atoms. The van der Waals surface area contributed by atoms with Gasteiger partial charge < -0.3 is 20.4 Å². The molecule has 3 rings (SSSR count). The van der Waals surface area contributed by atoms with Gasteiger partial charge in [0, 0.05) is 23.7 Å². The summed E-state index contributed by atoms with van der Waals surface area (Å²) in [6.45, 7) is 0.550. The molecule has 1 aliphatic rings. The van der Waals surface area contributed by atoms with E-state index >= 15 is 0 Å². The Hall–Kier alpha value is -2.48. The van der Waals surface area contributed by atoms with Crippen molar-refractivity contribution in [2.24, 2.45) is 0 Å². The highest BCUT2D eigenvalue weighted by Crippen LogP contribution is 2.36. The Morgan fingerprint density at radius 1 is 1.24 bits per heavy atom. The number of carbonyl (C=O) groups excluding carboxylic acids is 2. The summed E-state index contributed by atoms with van der Waals surface area (Å²) < 4.78 is 18.4. The fourth-order valence-electron chi connectivity index (χ4n) is 2.57. The van der Waals surface area contributed by atoms with Gasteiger partial charge >= 0.3 is 6.03 Å². The molecule has 132 valence electrons. The number of nitrogens with one attached hydrogen (secondary N) is 3. The summed E-state index contributed by atoms with van der Waals surface area (Å²) in [7, 11) is 0. The lowest BCUT2D eigenvalue weighted by atomic mass is 10.0. The van der Waals surface area contributed by atoms with Crippen LogP contribution in [0.15, 0.2) is 45.9 Å². The summed E-state index contributed by atoms with van der Waals surface area (Å²) >= 11 is 1.66. The van der Waals surface area contributed by atoms with E-state index in [2.05, 4.69) is 16.0 Å². The van der Waals surface area contributed by atoms with Gasteiger partial charge in [0.05, 0.1) is 12.3 Å². The van der Waals surface area contributed by atoms with E-state index in [0.717, 1.165) is 22.6 Å². The van der Waals surface area contributed by atoms with Gasteiger partial charge in [-0.1, -0.05) is 0 Å². The molecular formula is C17H18FN3O3S. The lowest BCUT2D eigenvalue weighted by Crippen LogP contribution is -2.42. The highest BCUT2D eigenvalue weighted by atomic mass is 32.2. The van der Waals surface area contributed by atoms with Gasteiger partial charge in [0.15, 0.2) is 5.76 Å². The van der Waals surface area contributed by atoms with Gasteiger partial charge in [-0.05, 0) is 42.3 Å². The average Bonchev–Trinajstić information content (AvgIpc) is 3.14. The first-order valence-electron chi connectivity index (χ1n) is 7.92. The highest BCUT2D eigenvalue weighted by molar-refractivity contribution is 7.99. The molecule has 2 heterocycles. The van der Waals surface area contributed by atoms with E-state index in [1.807, 2.05) is 0 Å². The molecule has 0 radical (unpaired) electrons. The maximum Gasteiger partial charge on any atom is 0.315 e.